The molecule has 1 N–H and O–H groups in total. The SMILES string of the molecule is CC1CCCN(S(=O)(=O)c2ccc3nnn(OCC(=O)NC(C)c4ccccc4)c3c2)C1. The van der Waals surface area contributed by atoms with E-state index in [1.807, 2.05) is 37.3 Å². The van der Waals surface area contributed by atoms with Crippen molar-refractivity contribution in [1.82, 2.24) is 24.8 Å². The molecule has 1 aromatic heterocycles. The van der Waals surface area contributed by atoms with Crippen molar-refractivity contribution in [3.8, 4) is 0 Å². The van der Waals surface area contributed by atoms with Crippen LogP contribution < -0.4 is 10.2 Å². The minimum atomic E-state index is -3.63. The zero-order valence-corrected chi connectivity index (χ0v) is 19.0. The van der Waals surface area contributed by atoms with Crippen LogP contribution in [-0.4, -0.2) is 53.5 Å². The highest BCUT2D eigenvalue weighted by Gasteiger charge is 2.29. The second-order valence-electron chi connectivity index (χ2n) is 8.20. The average Bonchev–Trinajstić information content (AvgIpc) is 3.20. The van der Waals surface area contributed by atoms with Gasteiger partial charge in [-0.15, -0.1) is 5.10 Å². The van der Waals surface area contributed by atoms with Crippen LogP contribution in [0, 0.1) is 5.92 Å². The third kappa shape index (κ3) is 4.76. The van der Waals surface area contributed by atoms with E-state index < -0.39 is 10.0 Å². The lowest BCUT2D eigenvalue weighted by molar-refractivity contribution is -0.127. The van der Waals surface area contributed by atoms with Crippen molar-refractivity contribution in [3.63, 3.8) is 0 Å². The van der Waals surface area contributed by atoms with Gasteiger partial charge in [0.15, 0.2) is 6.61 Å². The van der Waals surface area contributed by atoms with Gasteiger partial charge in [-0.25, -0.2) is 8.42 Å². The molecule has 1 aliphatic rings. The molecule has 9 nitrogen and oxygen atoms in total. The standard InChI is InChI=1S/C22H27N5O4S/c1-16-7-6-12-26(14-16)32(29,30)19-10-11-20-21(13-19)27(25-24-20)31-15-22(28)23-17(2)18-8-4-3-5-9-18/h3-5,8-11,13,16-17H,6-7,12,14-15H2,1-2H3,(H,23,28). The smallest absolute Gasteiger partial charge is 0.261 e. The predicted octanol–water partition coefficient (Wildman–Crippen LogP) is 2.16. The molecule has 0 radical (unpaired) electrons. The molecular weight excluding hydrogens is 430 g/mol. The Balaban J connectivity index is 1.46. The number of fused-ring (bicyclic) bond motifs is 1. The molecule has 1 amide bonds. The minimum absolute atomic E-state index is 0.161. The van der Waals surface area contributed by atoms with E-state index in [1.165, 1.54) is 16.4 Å². The molecule has 1 aliphatic heterocycles. The molecular formula is C22H27N5O4S. The van der Waals surface area contributed by atoms with Crippen molar-refractivity contribution in [1.29, 1.82) is 0 Å². The van der Waals surface area contributed by atoms with Gasteiger partial charge in [-0.05, 0) is 54.7 Å². The second-order valence-corrected chi connectivity index (χ2v) is 10.1. The number of nitrogens with zero attached hydrogens (tertiary/aromatic N) is 4. The summed E-state index contributed by atoms with van der Waals surface area (Å²) >= 11 is 0. The fourth-order valence-electron chi connectivity index (χ4n) is 3.88. The molecule has 0 bridgehead atoms. The minimum Gasteiger partial charge on any atom is -0.385 e. The molecule has 1 fully saturated rings. The first kappa shape index (κ1) is 22.2. The van der Waals surface area contributed by atoms with Crippen LogP contribution in [0.1, 0.15) is 38.3 Å². The first-order chi connectivity index (χ1) is 15.3. The van der Waals surface area contributed by atoms with Crippen molar-refractivity contribution in [2.75, 3.05) is 19.7 Å². The van der Waals surface area contributed by atoms with Crippen molar-refractivity contribution < 1.29 is 18.0 Å². The number of carbonyl (C=O) groups is 1. The molecule has 1 saturated heterocycles. The summed E-state index contributed by atoms with van der Waals surface area (Å²) in [7, 11) is -3.63. The van der Waals surface area contributed by atoms with Gasteiger partial charge >= 0.3 is 0 Å². The first-order valence-electron chi connectivity index (χ1n) is 10.7. The molecule has 10 heteroatoms. The molecule has 4 rings (SSSR count). The molecule has 0 aliphatic carbocycles. The number of sulfonamides is 1. The molecule has 2 heterocycles. The molecule has 0 saturated carbocycles. The maximum Gasteiger partial charge on any atom is 0.261 e. The summed E-state index contributed by atoms with van der Waals surface area (Å²) in [5.41, 5.74) is 1.85. The largest absolute Gasteiger partial charge is 0.385 e. The maximum absolute atomic E-state index is 13.1. The van der Waals surface area contributed by atoms with Gasteiger partial charge in [-0.3, -0.25) is 4.79 Å². The van der Waals surface area contributed by atoms with Gasteiger partial charge in [-0.1, -0.05) is 42.1 Å². The Morgan fingerprint density at radius 3 is 2.78 bits per heavy atom. The number of benzene rings is 2. The zero-order chi connectivity index (χ0) is 22.7. The molecule has 2 atom stereocenters. The fourth-order valence-corrected chi connectivity index (χ4v) is 5.49. The predicted molar refractivity (Wildman–Crippen MR) is 119 cm³/mol. The van der Waals surface area contributed by atoms with Crippen LogP contribution in [0.2, 0.25) is 0 Å². The molecule has 170 valence electrons. The van der Waals surface area contributed by atoms with Crippen molar-refractivity contribution in [2.24, 2.45) is 5.92 Å². The Morgan fingerprint density at radius 1 is 1.25 bits per heavy atom. The quantitative estimate of drug-likeness (QED) is 0.583. The van der Waals surface area contributed by atoms with E-state index in [4.69, 9.17) is 4.84 Å². The lowest BCUT2D eigenvalue weighted by Gasteiger charge is -2.30. The highest BCUT2D eigenvalue weighted by molar-refractivity contribution is 7.89. The van der Waals surface area contributed by atoms with Crippen molar-refractivity contribution in [3.05, 3.63) is 54.1 Å². The molecule has 2 aromatic carbocycles. The summed E-state index contributed by atoms with van der Waals surface area (Å²) < 4.78 is 27.7. The number of piperidine rings is 1. The van der Waals surface area contributed by atoms with E-state index in [2.05, 4.69) is 22.6 Å². The number of carbonyl (C=O) groups excluding carboxylic acids is 1. The van der Waals surface area contributed by atoms with Crippen molar-refractivity contribution in [2.45, 2.75) is 37.6 Å². The lowest BCUT2D eigenvalue weighted by atomic mass is 10.0. The van der Waals surface area contributed by atoms with Crippen LogP contribution in [0.25, 0.3) is 11.0 Å². The Bertz CT molecular complexity index is 1200. The zero-order valence-electron chi connectivity index (χ0n) is 18.1. The highest BCUT2D eigenvalue weighted by Crippen LogP contribution is 2.25. The van der Waals surface area contributed by atoms with Crippen molar-refractivity contribution >= 4 is 27.0 Å². The number of rotatable bonds is 7. The van der Waals surface area contributed by atoms with E-state index >= 15 is 0 Å². The van der Waals surface area contributed by atoms with Gasteiger partial charge in [-0.2, -0.15) is 4.31 Å². The maximum atomic E-state index is 13.1. The summed E-state index contributed by atoms with van der Waals surface area (Å²) in [6.45, 7) is 4.68. The normalized spacial score (nSPS) is 18.4. The second kappa shape index (κ2) is 9.25. The van der Waals surface area contributed by atoms with Crippen LogP contribution >= 0.6 is 0 Å². The summed E-state index contributed by atoms with van der Waals surface area (Å²) in [6, 6.07) is 14.0. The van der Waals surface area contributed by atoms with Gasteiger partial charge < -0.3 is 10.2 Å². The number of nitrogens with one attached hydrogen (secondary N) is 1. The Hall–Kier alpha value is -2.98. The number of hydrogen-bond donors (Lipinski definition) is 1. The van der Waals surface area contributed by atoms with Gasteiger partial charge in [0.25, 0.3) is 5.91 Å². The fraction of sp³-hybridized carbons (Fsp3) is 0.409. The van der Waals surface area contributed by atoms with Crippen LogP contribution in [-0.2, 0) is 14.8 Å². The Labute approximate surface area is 187 Å². The monoisotopic (exact) mass is 457 g/mol. The van der Waals surface area contributed by atoms with Crippen LogP contribution in [0.3, 0.4) is 0 Å². The third-order valence-electron chi connectivity index (χ3n) is 5.64. The van der Waals surface area contributed by atoms with E-state index in [-0.39, 0.29) is 23.5 Å². The van der Waals surface area contributed by atoms with Gasteiger partial charge in [0.2, 0.25) is 10.0 Å². The third-order valence-corrected chi connectivity index (χ3v) is 7.50. The molecule has 32 heavy (non-hydrogen) atoms. The first-order valence-corrected chi connectivity index (χ1v) is 12.1. The van der Waals surface area contributed by atoms with Crippen LogP contribution in [0.5, 0.6) is 0 Å². The van der Waals surface area contributed by atoms with Gasteiger partial charge in [0, 0.05) is 13.1 Å². The van der Waals surface area contributed by atoms with E-state index in [9.17, 15) is 13.2 Å². The summed E-state index contributed by atoms with van der Waals surface area (Å²) in [4.78, 5) is 19.1. The number of aromatic nitrogens is 3. The van der Waals surface area contributed by atoms with E-state index in [1.54, 1.807) is 6.07 Å². The van der Waals surface area contributed by atoms with Crippen LogP contribution in [0.4, 0.5) is 0 Å². The lowest BCUT2D eigenvalue weighted by Crippen LogP contribution is -2.39. The summed E-state index contributed by atoms with van der Waals surface area (Å²) in [5, 5.41) is 10.8. The average molecular weight is 458 g/mol. The Morgan fingerprint density at radius 2 is 2.03 bits per heavy atom. The molecule has 3 aromatic rings. The molecule has 2 unspecified atom stereocenters. The van der Waals surface area contributed by atoms with Crippen LogP contribution in [0.15, 0.2) is 53.4 Å². The topological polar surface area (TPSA) is 106 Å². The summed E-state index contributed by atoms with van der Waals surface area (Å²) in [6.07, 6.45) is 1.88. The summed E-state index contributed by atoms with van der Waals surface area (Å²) in [5.74, 6) is 0.00524. The van der Waals surface area contributed by atoms with E-state index in [0.29, 0.717) is 30.0 Å². The molecule has 0 spiro atoms. The Kier molecular flexibility index (Phi) is 6.43. The number of amides is 1. The van der Waals surface area contributed by atoms with Gasteiger partial charge in [0.1, 0.15) is 11.0 Å². The van der Waals surface area contributed by atoms with E-state index in [0.717, 1.165) is 23.3 Å². The number of hydrogen-bond acceptors (Lipinski definition) is 6. The van der Waals surface area contributed by atoms with Gasteiger partial charge in [0.05, 0.1) is 10.9 Å². The highest BCUT2D eigenvalue weighted by atomic mass is 32.2.